The predicted molar refractivity (Wildman–Crippen MR) is 178 cm³/mol. The minimum atomic E-state index is -0.292. The molecular weight excluding hydrogens is 569 g/mol. The molecule has 0 spiro atoms. The van der Waals surface area contributed by atoms with Crippen LogP contribution in [0.5, 0.6) is 5.75 Å². The number of carbonyl (C=O) groups excluding carboxylic acids is 1. The third kappa shape index (κ3) is 7.35. The summed E-state index contributed by atoms with van der Waals surface area (Å²) in [6.07, 6.45) is 12.2. The molecule has 6 rings (SSSR count). The van der Waals surface area contributed by atoms with Crippen molar-refractivity contribution < 1.29 is 13.9 Å². The zero-order chi connectivity index (χ0) is 30.3. The Morgan fingerprint density at radius 3 is 2.23 bits per heavy atom. The second-order valence-electron chi connectivity index (χ2n) is 12.4. The smallest absolute Gasteiger partial charge is 0.251 e. The van der Waals surface area contributed by atoms with Gasteiger partial charge in [-0.3, -0.25) is 4.79 Å². The molecule has 3 nitrogen and oxygen atoms in total. The molecule has 2 fully saturated rings. The first kappa shape index (κ1) is 30.4. The quantitative estimate of drug-likeness (QED) is 0.205. The Morgan fingerprint density at radius 2 is 1.48 bits per heavy atom. The Bertz CT molecular complexity index is 1570. The van der Waals surface area contributed by atoms with Gasteiger partial charge >= 0.3 is 0 Å². The van der Waals surface area contributed by atoms with Crippen LogP contribution in [-0.2, 0) is 6.61 Å². The van der Waals surface area contributed by atoms with Crippen molar-refractivity contribution in [1.29, 1.82) is 0 Å². The van der Waals surface area contributed by atoms with E-state index >= 15 is 4.39 Å². The lowest BCUT2D eigenvalue weighted by Crippen LogP contribution is -2.30. The average Bonchev–Trinajstić information content (AvgIpc) is 3.07. The number of carbonyl (C=O) groups is 1. The van der Waals surface area contributed by atoms with E-state index in [9.17, 15) is 4.79 Å². The highest BCUT2D eigenvalue weighted by atomic mass is 35.5. The fourth-order valence-corrected chi connectivity index (χ4v) is 7.10. The highest BCUT2D eigenvalue weighted by Gasteiger charge is 2.21. The van der Waals surface area contributed by atoms with Gasteiger partial charge < -0.3 is 10.1 Å². The summed E-state index contributed by atoms with van der Waals surface area (Å²) in [7, 11) is 0. The average molecular weight is 610 g/mol. The van der Waals surface area contributed by atoms with E-state index in [-0.39, 0.29) is 18.3 Å². The second kappa shape index (κ2) is 14.4. The summed E-state index contributed by atoms with van der Waals surface area (Å²) in [5, 5.41) is 3.81. The summed E-state index contributed by atoms with van der Waals surface area (Å²) in [5.41, 5.74) is 6.19. The molecule has 4 aromatic carbocycles. The normalized spacial score (nSPS) is 16.0. The van der Waals surface area contributed by atoms with E-state index in [2.05, 4.69) is 17.4 Å². The molecule has 0 bridgehead atoms. The summed E-state index contributed by atoms with van der Waals surface area (Å²) in [4.78, 5) is 13.1. The van der Waals surface area contributed by atoms with Gasteiger partial charge in [-0.25, -0.2) is 4.39 Å². The molecule has 0 heterocycles. The molecule has 228 valence electrons. The number of ether oxygens (including phenoxy) is 1. The number of benzene rings is 4. The Morgan fingerprint density at radius 1 is 0.773 bits per heavy atom. The van der Waals surface area contributed by atoms with Gasteiger partial charge in [0, 0.05) is 28.8 Å². The van der Waals surface area contributed by atoms with Crippen LogP contribution >= 0.6 is 11.6 Å². The lowest BCUT2D eigenvalue weighted by molar-refractivity contribution is 0.0943. The van der Waals surface area contributed by atoms with Crippen LogP contribution in [0.2, 0.25) is 5.02 Å². The summed E-state index contributed by atoms with van der Waals surface area (Å²) in [6.45, 7) is 0.901. The van der Waals surface area contributed by atoms with Crippen molar-refractivity contribution in [3.05, 3.63) is 112 Å². The Balaban J connectivity index is 1.21. The molecule has 2 aliphatic carbocycles. The summed E-state index contributed by atoms with van der Waals surface area (Å²) >= 11 is 6.16. The lowest BCUT2D eigenvalue weighted by atomic mass is 9.81. The number of hydrogen-bond acceptors (Lipinski definition) is 2. The van der Waals surface area contributed by atoms with Crippen LogP contribution in [0, 0.1) is 11.7 Å². The standard InChI is InChI=1S/C39H41ClFNO2/c40-32-18-15-29(16-19-32)34-21-17-30(39(43)42-25-27-9-3-1-4-10-27)23-31(34)26-44-33-20-22-37(38(41)24-33)36-14-8-7-13-35(36)28-11-5-2-6-12-28/h7-8,13-24,27-28H,1-6,9-12,25-26H2,(H,42,43). The second-order valence-corrected chi connectivity index (χ2v) is 12.9. The van der Waals surface area contributed by atoms with Crippen molar-refractivity contribution in [3.8, 4) is 28.0 Å². The summed E-state index contributed by atoms with van der Waals surface area (Å²) in [5.74, 6) is 1.12. The van der Waals surface area contributed by atoms with Gasteiger partial charge in [-0.2, -0.15) is 0 Å². The molecule has 0 saturated heterocycles. The monoisotopic (exact) mass is 609 g/mol. The molecule has 0 unspecified atom stereocenters. The van der Waals surface area contributed by atoms with Crippen LogP contribution < -0.4 is 10.1 Å². The molecule has 2 aliphatic rings. The van der Waals surface area contributed by atoms with Gasteiger partial charge in [-0.1, -0.05) is 92.6 Å². The first-order chi connectivity index (χ1) is 21.5. The van der Waals surface area contributed by atoms with E-state index < -0.39 is 0 Å². The SMILES string of the molecule is O=C(NCC1CCCCC1)c1ccc(-c2ccc(Cl)cc2)c(COc2ccc(-c3ccccc3C3CCCCC3)c(F)c2)c1. The molecule has 1 N–H and O–H groups in total. The van der Waals surface area contributed by atoms with E-state index in [4.69, 9.17) is 16.3 Å². The first-order valence-corrected chi connectivity index (χ1v) is 16.6. The Labute approximate surface area is 265 Å². The van der Waals surface area contributed by atoms with Crippen molar-refractivity contribution in [3.63, 3.8) is 0 Å². The largest absolute Gasteiger partial charge is 0.489 e. The molecule has 0 aliphatic heterocycles. The molecule has 0 atom stereocenters. The highest BCUT2D eigenvalue weighted by Crippen LogP contribution is 2.39. The lowest BCUT2D eigenvalue weighted by Gasteiger charge is -2.24. The maximum absolute atomic E-state index is 15.7. The van der Waals surface area contributed by atoms with Crippen molar-refractivity contribution in [2.45, 2.75) is 76.7 Å². The zero-order valence-corrected chi connectivity index (χ0v) is 26.1. The van der Waals surface area contributed by atoms with Gasteiger partial charge in [0.1, 0.15) is 18.2 Å². The molecule has 0 aromatic heterocycles. The number of hydrogen-bond donors (Lipinski definition) is 1. The van der Waals surface area contributed by atoms with Gasteiger partial charge in [-0.15, -0.1) is 0 Å². The fourth-order valence-electron chi connectivity index (χ4n) is 6.97. The highest BCUT2D eigenvalue weighted by molar-refractivity contribution is 6.30. The number of amides is 1. The van der Waals surface area contributed by atoms with Crippen molar-refractivity contribution in [2.75, 3.05) is 6.54 Å². The van der Waals surface area contributed by atoms with E-state index in [0.717, 1.165) is 35.1 Å². The third-order valence-electron chi connectivity index (χ3n) is 9.43. The number of rotatable bonds is 9. The van der Waals surface area contributed by atoms with Crippen LogP contribution in [0.15, 0.2) is 84.9 Å². The van der Waals surface area contributed by atoms with E-state index in [0.29, 0.717) is 40.3 Å². The van der Waals surface area contributed by atoms with Crippen molar-refractivity contribution in [1.82, 2.24) is 5.32 Å². The summed E-state index contributed by atoms with van der Waals surface area (Å²) < 4.78 is 21.8. The maximum atomic E-state index is 15.7. The Hall–Kier alpha value is -3.63. The van der Waals surface area contributed by atoms with Gasteiger partial charge in [0.25, 0.3) is 5.91 Å². The van der Waals surface area contributed by atoms with Crippen LogP contribution in [0.3, 0.4) is 0 Å². The van der Waals surface area contributed by atoms with Crippen molar-refractivity contribution >= 4 is 17.5 Å². The van der Waals surface area contributed by atoms with Gasteiger partial charge in [0.2, 0.25) is 0 Å². The van der Waals surface area contributed by atoms with Crippen LogP contribution in [-0.4, -0.2) is 12.5 Å². The minimum Gasteiger partial charge on any atom is -0.489 e. The fraction of sp³-hybridized carbons (Fsp3) is 0.359. The number of halogens is 2. The topological polar surface area (TPSA) is 38.3 Å². The van der Waals surface area contributed by atoms with Crippen LogP contribution in [0.1, 0.15) is 91.6 Å². The molecule has 0 radical (unpaired) electrons. The first-order valence-electron chi connectivity index (χ1n) is 16.2. The summed E-state index contributed by atoms with van der Waals surface area (Å²) in [6, 6.07) is 26.7. The minimum absolute atomic E-state index is 0.0773. The van der Waals surface area contributed by atoms with E-state index in [1.807, 2.05) is 66.7 Å². The van der Waals surface area contributed by atoms with Gasteiger partial charge in [0.05, 0.1) is 0 Å². The van der Waals surface area contributed by atoms with Gasteiger partial charge in [0.15, 0.2) is 0 Å². The number of nitrogens with one attached hydrogen (secondary N) is 1. The molecule has 2 saturated carbocycles. The Kier molecular flexibility index (Phi) is 9.97. The van der Waals surface area contributed by atoms with Gasteiger partial charge in [-0.05, 0) is 102 Å². The molecule has 4 aromatic rings. The molecule has 1 amide bonds. The van der Waals surface area contributed by atoms with Crippen LogP contribution in [0.25, 0.3) is 22.3 Å². The van der Waals surface area contributed by atoms with Crippen LogP contribution in [0.4, 0.5) is 4.39 Å². The molecule has 5 heteroatoms. The van der Waals surface area contributed by atoms with E-state index in [1.54, 1.807) is 0 Å². The third-order valence-corrected chi connectivity index (χ3v) is 9.68. The zero-order valence-electron chi connectivity index (χ0n) is 25.3. The van der Waals surface area contributed by atoms with E-state index in [1.165, 1.54) is 63.0 Å². The molecule has 44 heavy (non-hydrogen) atoms. The molecular formula is C39H41ClFNO2. The maximum Gasteiger partial charge on any atom is 0.251 e. The predicted octanol–water partition coefficient (Wildman–Crippen LogP) is 10.7. The van der Waals surface area contributed by atoms with Crippen molar-refractivity contribution in [2.24, 2.45) is 5.92 Å².